The van der Waals surface area contributed by atoms with Crippen molar-refractivity contribution < 1.29 is 13.5 Å². The van der Waals surface area contributed by atoms with Gasteiger partial charge in [0.15, 0.2) is 5.96 Å². The number of guanidine groups is 1. The van der Waals surface area contributed by atoms with Crippen molar-refractivity contribution in [3.63, 3.8) is 0 Å². The molecule has 0 saturated heterocycles. The number of aliphatic hydroxyl groups is 1. The molecule has 9 nitrogen and oxygen atoms in total. The normalized spacial score (nSPS) is 14.1. The van der Waals surface area contributed by atoms with E-state index in [4.69, 9.17) is 5.14 Å². The average molecular weight is 522 g/mol. The Morgan fingerprint density at radius 1 is 1.32 bits per heavy atom. The van der Waals surface area contributed by atoms with Crippen molar-refractivity contribution in [2.45, 2.75) is 30.9 Å². The molecule has 0 fully saturated rings. The lowest BCUT2D eigenvalue weighted by Crippen LogP contribution is -2.44. The van der Waals surface area contributed by atoms with Crippen LogP contribution in [0.25, 0.3) is 0 Å². The predicted molar refractivity (Wildman–Crippen MR) is 119 cm³/mol. The molecule has 0 aliphatic carbocycles. The van der Waals surface area contributed by atoms with Crippen molar-refractivity contribution >= 4 is 40.0 Å². The number of hydrogen-bond acceptors (Lipinski definition) is 5. The van der Waals surface area contributed by atoms with Gasteiger partial charge in [0.05, 0.1) is 24.2 Å². The Bertz CT molecular complexity index is 894. The number of aliphatic imine (C=N–C) groups is 1. The Morgan fingerprint density at radius 3 is 2.46 bits per heavy atom. The highest BCUT2D eigenvalue weighted by Crippen LogP contribution is 2.18. The van der Waals surface area contributed by atoms with Gasteiger partial charge in [-0.1, -0.05) is 12.1 Å². The van der Waals surface area contributed by atoms with E-state index in [1.807, 2.05) is 6.92 Å². The average Bonchev–Trinajstić information content (AvgIpc) is 3.04. The highest BCUT2D eigenvalue weighted by Gasteiger charge is 2.24. The fraction of sp³-hybridized carbons (Fsp3) is 0.412. The minimum absolute atomic E-state index is 0. The molecule has 5 N–H and O–H groups in total. The number of nitrogens with one attached hydrogen (secondary N) is 2. The molecule has 0 aliphatic rings. The van der Waals surface area contributed by atoms with E-state index in [-0.39, 0.29) is 35.4 Å². The summed E-state index contributed by atoms with van der Waals surface area (Å²) in [5, 5.41) is 26.0. The summed E-state index contributed by atoms with van der Waals surface area (Å²) in [4.78, 5) is 4.52. The van der Waals surface area contributed by atoms with E-state index >= 15 is 0 Å². The van der Waals surface area contributed by atoms with Gasteiger partial charge < -0.3 is 15.7 Å². The number of halogens is 1. The zero-order valence-corrected chi connectivity index (χ0v) is 19.2. The Hall–Kier alpha value is -1.70. The second kappa shape index (κ2) is 10.2. The van der Waals surface area contributed by atoms with E-state index < -0.39 is 15.6 Å². The summed E-state index contributed by atoms with van der Waals surface area (Å²) < 4.78 is 24.2. The van der Waals surface area contributed by atoms with E-state index in [1.54, 1.807) is 43.2 Å². The van der Waals surface area contributed by atoms with E-state index in [9.17, 15) is 13.5 Å². The SMILES string of the molecule is CCNC(=NCc1ccc(S(N)(=O)=O)cc1)NCC(C)(O)c1cnn(C)c1.I. The van der Waals surface area contributed by atoms with Crippen LogP contribution < -0.4 is 15.8 Å². The second-order valence-electron chi connectivity index (χ2n) is 6.41. The smallest absolute Gasteiger partial charge is 0.238 e. The summed E-state index contributed by atoms with van der Waals surface area (Å²) >= 11 is 0. The minimum Gasteiger partial charge on any atom is -0.383 e. The van der Waals surface area contributed by atoms with Crippen LogP contribution in [0.4, 0.5) is 0 Å². The fourth-order valence-corrected chi connectivity index (χ4v) is 2.87. The Balaban J connectivity index is 0.00000392. The van der Waals surface area contributed by atoms with Crippen molar-refractivity contribution in [2.75, 3.05) is 13.1 Å². The monoisotopic (exact) mass is 522 g/mol. The number of rotatable bonds is 7. The van der Waals surface area contributed by atoms with Gasteiger partial charge in [0.2, 0.25) is 10.0 Å². The lowest BCUT2D eigenvalue weighted by molar-refractivity contribution is 0.0616. The van der Waals surface area contributed by atoms with Gasteiger partial charge in [0.25, 0.3) is 0 Å². The molecular weight excluding hydrogens is 495 g/mol. The third-order valence-corrected chi connectivity index (χ3v) is 4.87. The quantitative estimate of drug-likeness (QED) is 0.240. The number of aromatic nitrogens is 2. The molecule has 0 aliphatic heterocycles. The van der Waals surface area contributed by atoms with Crippen LogP contribution in [0.2, 0.25) is 0 Å². The molecule has 2 aromatic rings. The molecule has 11 heteroatoms. The molecule has 0 bridgehead atoms. The van der Waals surface area contributed by atoms with Crippen molar-refractivity contribution in [3.05, 3.63) is 47.8 Å². The van der Waals surface area contributed by atoms with Gasteiger partial charge in [-0.3, -0.25) is 4.68 Å². The molecule has 1 heterocycles. The third kappa shape index (κ3) is 7.04. The predicted octanol–water partition coefficient (Wildman–Crippen LogP) is 0.648. The van der Waals surface area contributed by atoms with Gasteiger partial charge in [0, 0.05) is 25.4 Å². The summed E-state index contributed by atoms with van der Waals surface area (Å²) in [6.07, 6.45) is 3.39. The van der Waals surface area contributed by atoms with Gasteiger partial charge in [-0.15, -0.1) is 24.0 Å². The first kappa shape index (κ1) is 24.3. The first-order valence-electron chi connectivity index (χ1n) is 8.47. The van der Waals surface area contributed by atoms with Crippen LogP contribution in [0, 0.1) is 0 Å². The molecule has 0 radical (unpaired) electrons. The van der Waals surface area contributed by atoms with Crippen molar-refractivity contribution in [2.24, 2.45) is 17.2 Å². The first-order chi connectivity index (χ1) is 12.6. The van der Waals surface area contributed by atoms with Crippen LogP contribution in [0.15, 0.2) is 46.5 Å². The number of benzene rings is 1. The maximum absolute atomic E-state index is 11.3. The van der Waals surface area contributed by atoms with Crippen molar-refractivity contribution in [3.8, 4) is 0 Å². The molecule has 1 aromatic carbocycles. The Kier molecular flexibility index (Phi) is 8.85. The first-order valence-corrected chi connectivity index (χ1v) is 10.0. The van der Waals surface area contributed by atoms with E-state index in [2.05, 4.69) is 20.7 Å². The molecular formula is C17H27IN6O3S. The molecule has 2 rings (SSSR count). The lowest BCUT2D eigenvalue weighted by atomic mass is 10.00. The maximum Gasteiger partial charge on any atom is 0.238 e. The third-order valence-electron chi connectivity index (χ3n) is 3.94. The molecule has 28 heavy (non-hydrogen) atoms. The highest BCUT2D eigenvalue weighted by atomic mass is 127. The van der Waals surface area contributed by atoms with Gasteiger partial charge in [-0.05, 0) is 31.5 Å². The van der Waals surface area contributed by atoms with Gasteiger partial charge in [-0.2, -0.15) is 5.10 Å². The van der Waals surface area contributed by atoms with Crippen LogP contribution in [0.3, 0.4) is 0 Å². The van der Waals surface area contributed by atoms with Crippen molar-refractivity contribution in [1.82, 2.24) is 20.4 Å². The highest BCUT2D eigenvalue weighted by molar-refractivity contribution is 14.0. The molecule has 0 spiro atoms. The second-order valence-corrected chi connectivity index (χ2v) is 7.98. The minimum atomic E-state index is -3.70. The number of nitrogens with zero attached hydrogens (tertiary/aromatic N) is 3. The molecule has 156 valence electrons. The number of sulfonamides is 1. The zero-order chi connectivity index (χ0) is 20.1. The molecule has 0 saturated carbocycles. The summed E-state index contributed by atoms with van der Waals surface area (Å²) in [6.45, 7) is 4.89. The summed E-state index contributed by atoms with van der Waals surface area (Å²) in [5.74, 6) is 0.539. The topological polar surface area (TPSA) is 135 Å². The van der Waals surface area contributed by atoms with E-state index in [0.29, 0.717) is 24.6 Å². The number of aryl methyl sites for hydroxylation is 1. The van der Waals surface area contributed by atoms with Gasteiger partial charge in [0.1, 0.15) is 5.60 Å². The number of nitrogens with two attached hydrogens (primary N) is 1. The Labute approximate surface area is 182 Å². The van der Waals surface area contributed by atoms with Crippen molar-refractivity contribution in [1.29, 1.82) is 0 Å². The maximum atomic E-state index is 11.3. The lowest BCUT2D eigenvalue weighted by Gasteiger charge is -2.23. The molecule has 1 aromatic heterocycles. The fourth-order valence-electron chi connectivity index (χ4n) is 2.35. The summed E-state index contributed by atoms with van der Waals surface area (Å²) in [7, 11) is -1.91. The standard InChI is InChI=1S/C17H26N6O3S.HI/c1-4-19-16(21-12-17(2,24)14-10-22-23(3)11-14)20-9-13-5-7-15(8-6-13)27(18,25)26;/h5-8,10-11,24H,4,9,12H2,1-3H3,(H2,18,25,26)(H2,19,20,21);1H. The van der Waals surface area contributed by atoms with Crippen LogP contribution >= 0.6 is 24.0 Å². The molecule has 1 atom stereocenters. The Morgan fingerprint density at radius 2 is 1.96 bits per heavy atom. The van der Waals surface area contributed by atoms with Crippen LogP contribution in [0.5, 0.6) is 0 Å². The van der Waals surface area contributed by atoms with Gasteiger partial charge >= 0.3 is 0 Å². The van der Waals surface area contributed by atoms with E-state index in [1.165, 1.54) is 12.1 Å². The largest absolute Gasteiger partial charge is 0.383 e. The number of hydrogen-bond donors (Lipinski definition) is 4. The molecule has 1 unspecified atom stereocenters. The molecule has 0 amide bonds. The number of primary sulfonamides is 1. The van der Waals surface area contributed by atoms with Gasteiger partial charge in [-0.25, -0.2) is 18.5 Å². The van der Waals surface area contributed by atoms with Crippen LogP contribution in [-0.4, -0.2) is 42.4 Å². The van der Waals surface area contributed by atoms with E-state index in [0.717, 1.165) is 5.56 Å². The summed E-state index contributed by atoms with van der Waals surface area (Å²) in [6, 6.07) is 6.23. The van der Waals surface area contributed by atoms with Crippen LogP contribution in [0.1, 0.15) is 25.0 Å². The van der Waals surface area contributed by atoms with Crippen LogP contribution in [-0.2, 0) is 29.2 Å². The zero-order valence-electron chi connectivity index (χ0n) is 16.1. The summed E-state index contributed by atoms with van der Waals surface area (Å²) in [5.41, 5.74) is 0.423.